The van der Waals surface area contributed by atoms with Gasteiger partial charge in [0, 0.05) is 27.6 Å². The molecule has 16 heteroatoms. The molecule has 13 nitrogen and oxygen atoms in total. The zero-order chi connectivity index (χ0) is 25.0. The highest BCUT2D eigenvalue weighted by Gasteiger charge is 2.51. The van der Waals surface area contributed by atoms with Crippen molar-refractivity contribution in [3.05, 3.63) is 33.0 Å². The van der Waals surface area contributed by atoms with Gasteiger partial charge in [-0.1, -0.05) is 5.16 Å². The Hall–Kier alpha value is -2.92. The number of ether oxygens (including phenoxy) is 1. The zero-order valence-electron chi connectivity index (χ0n) is 17.8. The highest BCUT2D eigenvalue weighted by molar-refractivity contribution is 7.84. The van der Waals surface area contributed by atoms with E-state index in [1.165, 1.54) is 23.6 Å². The lowest BCUT2D eigenvalue weighted by molar-refractivity contribution is -0.147. The summed E-state index contributed by atoms with van der Waals surface area (Å²) in [5, 5.41) is 14.7. The molecule has 0 radical (unpaired) electrons. The van der Waals surface area contributed by atoms with Crippen molar-refractivity contribution in [3.63, 3.8) is 0 Å². The van der Waals surface area contributed by atoms with Gasteiger partial charge in [-0.25, -0.2) is 9.29 Å². The lowest BCUT2D eigenvalue weighted by Gasteiger charge is -2.41. The Morgan fingerprint density at radius 2 is 2.09 bits per heavy atom. The summed E-state index contributed by atoms with van der Waals surface area (Å²) in [6.45, 7) is 1.85. The highest BCUT2D eigenvalue weighted by atomic mass is 32.2. The van der Waals surface area contributed by atoms with E-state index in [-0.39, 0.29) is 48.6 Å². The number of Topliss-reactive ketones (excluding diaryl/α,β-unsaturated/α-hetero) is 1. The third-order valence-electron chi connectivity index (χ3n) is 4.85. The predicted molar refractivity (Wildman–Crippen MR) is 125 cm³/mol. The maximum Gasteiger partial charge on any atom is 0.362 e. The Bertz CT molecular complexity index is 1220. The number of thiophene rings is 1. The SMILES string of the molecule is C[C@H]1[C@H](CC(=O)/C(=N\OCCOCc2cc(C(=N)N)cs2)c2csc(N)n2)C(=O)N1S(=O)(=O)O. The summed E-state index contributed by atoms with van der Waals surface area (Å²) in [7, 11) is -4.69. The van der Waals surface area contributed by atoms with E-state index in [1.54, 1.807) is 11.4 Å². The van der Waals surface area contributed by atoms with Gasteiger partial charge in [0.1, 0.15) is 18.1 Å². The number of aromatic nitrogens is 1. The summed E-state index contributed by atoms with van der Waals surface area (Å²) in [6.07, 6.45) is -0.348. The molecular weight excluding hydrogens is 508 g/mol. The fourth-order valence-corrected chi connectivity index (χ4v) is 5.44. The first kappa shape index (κ1) is 25.7. The number of ketones is 1. The summed E-state index contributed by atoms with van der Waals surface area (Å²) < 4.78 is 37.4. The molecule has 2 atom stereocenters. The molecule has 1 aliphatic heterocycles. The number of carbonyl (C=O) groups excluding carboxylic acids is 2. The Labute approximate surface area is 202 Å². The van der Waals surface area contributed by atoms with Crippen molar-refractivity contribution in [2.45, 2.75) is 26.0 Å². The molecule has 6 N–H and O–H groups in total. The first-order valence-electron chi connectivity index (χ1n) is 9.73. The van der Waals surface area contributed by atoms with Crippen LogP contribution in [-0.2, 0) is 36.1 Å². The second-order valence-electron chi connectivity index (χ2n) is 7.20. The van der Waals surface area contributed by atoms with E-state index in [0.29, 0.717) is 9.87 Å². The summed E-state index contributed by atoms with van der Waals surface area (Å²) in [6, 6.07) is 0.865. The second kappa shape index (κ2) is 10.6. The second-order valence-corrected chi connectivity index (χ2v) is 10.4. The van der Waals surface area contributed by atoms with E-state index in [1.807, 2.05) is 0 Å². The van der Waals surface area contributed by atoms with Gasteiger partial charge in [0.15, 0.2) is 16.6 Å². The number of oxime groups is 1. The number of anilines is 1. The van der Waals surface area contributed by atoms with Crippen molar-refractivity contribution < 1.29 is 32.1 Å². The van der Waals surface area contributed by atoms with Crippen LogP contribution in [0.25, 0.3) is 0 Å². The Morgan fingerprint density at radius 3 is 2.65 bits per heavy atom. The molecule has 3 heterocycles. The van der Waals surface area contributed by atoms with Crippen LogP contribution in [0.4, 0.5) is 5.13 Å². The molecule has 0 saturated carbocycles. The van der Waals surface area contributed by atoms with E-state index < -0.39 is 34.0 Å². The van der Waals surface area contributed by atoms with Crippen LogP contribution < -0.4 is 11.5 Å². The maximum absolute atomic E-state index is 12.8. The predicted octanol–water partition coefficient (Wildman–Crippen LogP) is 0.617. The van der Waals surface area contributed by atoms with Crippen LogP contribution >= 0.6 is 22.7 Å². The Balaban J connectivity index is 1.57. The number of nitrogens with one attached hydrogen (secondary N) is 1. The number of rotatable bonds is 12. The fraction of sp³-hybridized carbons (Fsp3) is 0.389. The highest BCUT2D eigenvalue weighted by Crippen LogP contribution is 2.32. The number of hydrogen-bond acceptors (Lipinski definition) is 12. The number of thiazole rings is 1. The first-order valence-corrected chi connectivity index (χ1v) is 12.9. The van der Waals surface area contributed by atoms with Crippen molar-refractivity contribution in [1.29, 1.82) is 5.41 Å². The van der Waals surface area contributed by atoms with E-state index in [0.717, 1.165) is 16.2 Å². The average Bonchev–Trinajstić information content (AvgIpc) is 3.39. The van der Waals surface area contributed by atoms with E-state index in [9.17, 15) is 18.0 Å². The molecule has 1 fully saturated rings. The lowest BCUT2D eigenvalue weighted by Crippen LogP contribution is -2.62. The van der Waals surface area contributed by atoms with Gasteiger partial charge < -0.3 is 21.0 Å². The molecule has 1 amide bonds. The summed E-state index contributed by atoms with van der Waals surface area (Å²) in [5.74, 6) is -2.44. The molecule has 0 unspecified atom stereocenters. The van der Waals surface area contributed by atoms with Gasteiger partial charge in [-0.15, -0.1) is 22.7 Å². The monoisotopic (exact) mass is 530 g/mol. The van der Waals surface area contributed by atoms with Crippen LogP contribution in [-0.4, -0.2) is 64.8 Å². The molecule has 1 aliphatic rings. The van der Waals surface area contributed by atoms with Gasteiger partial charge >= 0.3 is 10.3 Å². The number of hydrogen-bond donors (Lipinski definition) is 4. The molecule has 0 aliphatic carbocycles. The minimum atomic E-state index is -4.69. The van der Waals surface area contributed by atoms with Crippen molar-refractivity contribution in [1.82, 2.24) is 9.29 Å². The fourth-order valence-electron chi connectivity index (χ4n) is 3.14. The van der Waals surface area contributed by atoms with Gasteiger partial charge in [0.05, 0.1) is 25.2 Å². The van der Waals surface area contributed by atoms with Crippen molar-refractivity contribution in [2.24, 2.45) is 16.8 Å². The maximum atomic E-state index is 12.8. The van der Waals surface area contributed by atoms with Gasteiger partial charge in [-0.2, -0.15) is 8.42 Å². The van der Waals surface area contributed by atoms with Crippen LogP contribution in [0.5, 0.6) is 0 Å². The third-order valence-corrected chi connectivity index (χ3v) is 7.45. The number of nitrogens with zero attached hydrogens (tertiary/aromatic N) is 3. The van der Waals surface area contributed by atoms with Crippen molar-refractivity contribution in [3.8, 4) is 0 Å². The molecule has 0 aromatic carbocycles. The van der Waals surface area contributed by atoms with Crippen LogP contribution in [0, 0.1) is 11.3 Å². The molecular formula is C18H22N6O7S3. The van der Waals surface area contributed by atoms with Crippen LogP contribution in [0.15, 0.2) is 22.0 Å². The summed E-state index contributed by atoms with van der Waals surface area (Å²) >= 11 is 2.49. The topological polar surface area (TPSA) is 211 Å². The molecule has 184 valence electrons. The summed E-state index contributed by atoms with van der Waals surface area (Å²) in [4.78, 5) is 35.0. The molecule has 2 aromatic heterocycles. The average molecular weight is 531 g/mol. The zero-order valence-corrected chi connectivity index (χ0v) is 20.3. The molecule has 34 heavy (non-hydrogen) atoms. The number of β-lactam (4-membered cyclic amide) rings is 1. The van der Waals surface area contributed by atoms with Gasteiger partial charge in [0.25, 0.3) is 0 Å². The van der Waals surface area contributed by atoms with Crippen LogP contribution in [0.1, 0.15) is 29.5 Å². The molecule has 3 rings (SSSR count). The van der Waals surface area contributed by atoms with Gasteiger partial charge in [-0.05, 0) is 13.0 Å². The van der Waals surface area contributed by atoms with E-state index in [4.69, 9.17) is 31.0 Å². The minimum Gasteiger partial charge on any atom is -0.393 e. The minimum absolute atomic E-state index is 0.0106. The Kier molecular flexibility index (Phi) is 7.98. The van der Waals surface area contributed by atoms with Gasteiger partial charge in [-0.3, -0.25) is 19.6 Å². The van der Waals surface area contributed by atoms with Gasteiger partial charge in [0.2, 0.25) is 5.91 Å². The van der Waals surface area contributed by atoms with E-state index >= 15 is 0 Å². The smallest absolute Gasteiger partial charge is 0.362 e. The standard InChI is InChI=1S/C18H22N6O7S3/c1-9-12(17(26)24(9)34(27,28)29)5-14(25)15(13-8-33-18(21)22-13)23-31-3-2-30-6-11-4-10(7-32-11)16(19)20/h4,7-9,12H,2-3,5-6H2,1H3,(H3,19,20)(H2,21,22)(H,27,28,29)/b23-15-/t9-,12-/m0/s1. The van der Waals surface area contributed by atoms with E-state index in [2.05, 4.69) is 10.1 Å². The molecule has 1 saturated heterocycles. The first-order chi connectivity index (χ1) is 16.0. The van der Waals surface area contributed by atoms with Crippen molar-refractivity contribution >= 4 is 61.3 Å². The largest absolute Gasteiger partial charge is 0.393 e. The third kappa shape index (κ3) is 5.95. The van der Waals surface area contributed by atoms with Crippen LogP contribution in [0.2, 0.25) is 0 Å². The quantitative estimate of drug-likeness (QED) is 0.0749. The summed E-state index contributed by atoms with van der Waals surface area (Å²) in [5.41, 5.74) is 11.7. The number of nitrogen functional groups attached to an aromatic ring is 2. The number of amides is 1. The van der Waals surface area contributed by atoms with Crippen molar-refractivity contribution in [2.75, 3.05) is 18.9 Å². The normalized spacial score (nSPS) is 18.6. The number of amidine groups is 1. The van der Waals surface area contributed by atoms with Crippen LogP contribution in [0.3, 0.4) is 0 Å². The Morgan fingerprint density at radius 1 is 1.35 bits per heavy atom. The molecule has 2 aromatic rings. The molecule has 0 bridgehead atoms. The molecule has 0 spiro atoms. The number of nitrogens with two attached hydrogens (primary N) is 2. The number of carbonyl (C=O) groups is 2. The lowest BCUT2D eigenvalue weighted by atomic mass is 9.86.